The van der Waals surface area contributed by atoms with Crippen molar-refractivity contribution in [3.05, 3.63) is 64.2 Å². The number of fused-ring (bicyclic) bond motifs is 1. The first-order valence-electron chi connectivity index (χ1n) is 6.80. The Morgan fingerprint density at radius 1 is 1.05 bits per heavy atom. The number of hydrogen-bond donors (Lipinski definition) is 0. The Kier molecular flexibility index (Phi) is 3.75. The first-order chi connectivity index (χ1) is 9.74. The van der Waals surface area contributed by atoms with E-state index < -0.39 is 0 Å². The number of aryl methyl sites for hydroxylation is 1. The molecule has 3 heteroatoms. The van der Waals surface area contributed by atoms with Gasteiger partial charge in [-0.25, -0.2) is 0 Å². The van der Waals surface area contributed by atoms with Crippen molar-refractivity contribution in [3.63, 3.8) is 0 Å². The standard InChI is InChI=1S/C17H15ClO2/c18-15-6-3-5-13(11-15)17(19)14-7-8-16-12(10-14)4-1-2-9-20-16/h3,5-8,10-11H,1-2,4,9H2. The summed E-state index contributed by atoms with van der Waals surface area (Å²) in [6.45, 7) is 0.759. The van der Waals surface area contributed by atoms with E-state index in [1.165, 1.54) is 0 Å². The molecule has 0 unspecified atom stereocenters. The molecule has 0 fully saturated rings. The van der Waals surface area contributed by atoms with Crippen LogP contribution in [-0.4, -0.2) is 12.4 Å². The number of ketones is 1. The van der Waals surface area contributed by atoms with Crippen LogP contribution in [0.5, 0.6) is 5.75 Å². The van der Waals surface area contributed by atoms with Gasteiger partial charge in [-0.15, -0.1) is 0 Å². The molecule has 20 heavy (non-hydrogen) atoms. The van der Waals surface area contributed by atoms with Crippen molar-refractivity contribution in [3.8, 4) is 5.75 Å². The van der Waals surface area contributed by atoms with Crippen LogP contribution in [0.3, 0.4) is 0 Å². The summed E-state index contributed by atoms with van der Waals surface area (Å²) >= 11 is 5.94. The van der Waals surface area contributed by atoms with Gasteiger partial charge in [0.2, 0.25) is 0 Å². The third kappa shape index (κ3) is 2.70. The van der Waals surface area contributed by atoms with Crippen LogP contribution < -0.4 is 4.74 Å². The molecule has 0 N–H and O–H groups in total. The summed E-state index contributed by atoms with van der Waals surface area (Å²) in [5, 5.41) is 0.578. The van der Waals surface area contributed by atoms with Crippen LogP contribution in [0.1, 0.15) is 34.3 Å². The maximum absolute atomic E-state index is 12.5. The molecule has 2 aromatic carbocycles. The van der Waals surface area contributed by atoms with E-state index in [0.717, 1.165) is 37.2 Å². The van der Waals surface area contributed by atoms with E-state index in [0.29, 0.717) is 16.1 Å². The number of carbonyl (C=O) groups excluding carboxylic acids is 1. The lowest BCUT2D eigenvalue weighted by molar-refractivity contribution is 0.103. The molecule has 102 valence electrons. The van der Waals surface area contributed by atoms with Crippen LogP contribution in [-0.2, 0) is 6.42 Å². The van der Waals surface area contributed by atoms with Gasteiger partial charge in [-0.1, -0.05) is 23.7 Å². The molecule has 1 aliphatic heterocycles. The van der Waals surface area contributed by atoms with Crippen LogP contribution >= 0.6 is 11.6 Å². The van der Waals surface area contributed by atoms with E-state index in [1.54, 1.807) is 24.3 Å². The SMILES string of the molecule is O=C(c1cccc(Cl)c1)c1ccc2c(c1)CCCCO2. The first-order valence-corrected chi connectivity index (χ1v) is 7.18. The molecule has 0 atom stereocenters. The second-order valence-electron chi connectivity index (χ2n) is 4.97. The number of benzene rings is 2. The Morgan fingerprint density at radius 2 is 1.90 bits per heavy atom. The van der Waals surface area contributed by atoms with Gasteiger partial charge in [-0.05, 0) is 55.2 Å². The quantitative estimate of drug-likeness (QED) is 0.770. The Bertz CT molecular complexity index is 649. The van der Waals surface area contributed by atoms with Crippen molar-refractivity contribution in [2.75, 3.05) is 6.61 Å². The van der Waals surface area contributed by atoms with Gasteiger partial charge in [0.1, 0.15) is 5.75 Å². The van der Waals surface area contributed by atoms with Crippen LogP contribution in [0.4, 0.5) is 0 Å². The van der Waals surface area contributed by atoms with Crippen molar-refractivity contribution in [1.29, 1.82) is 0 Å². The molecule has 2 nitrogen and oxygen atoms in total. The molecule has 3 rings (SSSR count). The van der Waals surface area contributed by atoms with Crippen molar-refractivity contribution < 1.29 is 9.53 Å². The average molecular weight is 287 g/mol. The van der Waals surface area contributed by atoms with Gasteiger partial charge < -0.3 is 4.74 Å². The largest absolute Gasteiger partial charge is 0.493 e. The number of rotatable bonds is 2. The van der Waals surface area contributed by atoms with Gasteiger partial charge >= 0.3 is 0 Å². The van der Waals surface area contributed by atoms with E-state index >= 15 is 0 Å². The van der Waals surface area contributed by atoms with Crippen LogP contribution in [0.15, 0.2) is 42.5 Å². The third-order valence-electron chi connectivity index (χ3n) is 3.51. The predicted octanol–water partition coefficient (Wildman–Crippen LogP) is 4.29. The van der Waals surface area contributed by atoms with Crippen molar-refractivity contribution in [2.24, 2.45) is 0 Å². The molecule has 0 bridgehead atoms. The minimum Gasteiger partial charge on any atom is -0.493 e. The highest BCUT2D eigenvalue weighted by atomic mass is 35.5. The summed E-state index contributed by atoms with van der Waals surface area (Å²) in [5.74, 6) is 0.907. The van der Waals surface area contributed by atoms with Crippen molar-refractivity contribution in [2.45, 2.75) is 19.3 Å². The van der Waals surface area contributed by atoms with E-state index in [2.05, 4.69) is 0 Å². The Morgan fingerprint density at radius 3 is 2.75 bits per heavy atom. The molecule has 1 heterocycles. The summed E-state index contributed by atoms with van der Waals surface area (Å²) in [7, 11) is 0. The van der Waals surface area contributed by atoms with Gasteiger partial charge in [0.25, 0.3) is 0 Å². The molecule has 0 aromatic heterocycles. The molecular formula is C17H15ClO2. The average Bonchev–Trinajstić information content (AvgIpc) is 2.71. The van der Waals surface area contributed by atoms with Gasteiger partial charge in [0.15, 0.2) is 5.78 Å². The van der Waals surface area contributed by atoms with Gasteiger partial charge in [0.05, 0.1) is 6.61 Å². The zero-order valence-electron chi connectivity index (χ0n) is 11.1. The lowest BCUT2D eigenvalue weighted by Crippen LogP contribution is -2.03. The molecule has 0 saturated carbocycles. The van der Waals surface area contributed by atoms with E-state index in [-0.39, 0.29) is 5.78 Å². The molecule has 0 aliphatic carbocycles. The highest BCUT2D eigenvalue weighted by Crippen LogP contribution is 2.26. The maximum Gasteiger partial charge on any atom is 0.193 e. The molecule has 0 radical (unpaired) electrons. The minimum absolute atomic E-state index is 0.000420. The second kappa shape index (κ2) is 5.68. The number of carbonyl (C=O) groups is 1. The smallest absolute Gasteiger partial charge is 0.193 e. The fourth-order valence-electron chi connectivity index (χ4n) is 2.45. The summed E-state index contributed by atoms with van der Waals surface area (Å²) in [4.78, 5) is 12.5. The van der Waals surface area contributed by atoms with Crippen molar-refractivity contribution in [1.82, 2.24) is 0 Å². The Labute approximate surface area is 123 Å². The van der Waals surface area contributed by atoms with Crippen LogP contribution in [0, 0.1) is 0 Å². The predicted molar refractivity (Wildman–Crippen MR) is 79.8 cm³/mol. The normalized spacial score (nSPS) is 14.1. The molecular weight excluding hydrogens is 272 g/mol. The second-order valence-corrected chi connectivity index (χ2v) is 5.40. The fraction of sp³-hybridized carbons (Fsp3) is 0.235. The molecule has 0 spiro atoms. The summed E-state index contributed by atoms with van der Waals surface area (Å²) < 4.78 is 5.68. The van der Waals surface area contributed by atoms with E-state index in [1.807, 2.05) is 18.2 Å². The summed E-state index contributed by atoms with van der Waals surface area (Å²) in [5.41, 5.74) is 2.43. The van der Waals surface area contributed by atoms with Gasteiger partial charge in [-0.2, -0.15) is 0 Å². The highest BCUT2D eigenvalue weighted by Gasteiger charge is 2.14. The van der Waals surface area contributed by atoms with E-state index in [9.17, 15) is 4.79 Å². The zero-order chi connectivity index (χ0) is 13.9. The maximum atomic E-state index is 12.5. The topological polar surface area (TPSA) is 26.3 Å². The van der Waals surface area contributed by atoms with Crippen LogP contribution in [0.25, 0.3) is 0 Å². The van der Waals surface area contributed by atoms with Gasteiger partial charge in [0, 0.05) is 16.1 Å². The fourth-order valence-corrected chi connectivity index (χ4v) is 2.64. The number of ether oxygens (including phenoxy) is 1. The summed E-state index contributed by atoms with van der Waals surface area (Å²) in [6, 6.07) is 12.7. The zero-order valence-corrected chi connectivity index (χ0v) is 11.8. The lowest BCUT2D eigenvalue weighted by Gasteiger charge is -2.09. The Hall–Kier alpha value is -1.80. The highest BCUT2D eigenvalue weighted by molar-refractivity contribution is 6.31. The first kappa shape index (κ1) is 13.2. The lowest BCUT2D eigenvalue weighted by atomic mass is 9.99. The minimum atomic E-state index is -0.000420. The van der Waals surface area contributed by atoms with E-state index in [4.69, 9.17) is 16.3 Å². The van der Waals surface area contributed by atoms with Crippen LogP contribution in [0.2, 0.25) is 5.02 Å². The molecule has 0 amide bonds. The third-order valence-corrected chi connectivity index (χ3v) is 3.74. The molecule has 1 aliphatic rings. The van der Waals surface area contributed by atoms with Crippen molar-refractivity contribution >= 4 is 17.4 Å². The van der Waals surface area contributed by atoms with Gasteiger partial charge in [-0.3, -0.25) is 4.79 Å². The summed E-state index contributed by atoms with van der Waals surface area (Å²) in [6.07, 6.45) is 3.13. The molecule has 0 saturated heterocycles. The number of hydrogen-bond acceptors (Lipinski definition) is 2. The number of halogens is 1. The molecule has 2 aromatic rings. The Balaban J connectivity index is 1.94. The monoisotopic (exact) mass is 286 g/mol.